The van der Waals surface area contributed by atoms with Gasteiger partial charge >= 0.3 is 11.9 Å². The van der Waals surface area contributed by atoms with Crippen molar-refractivity contribution < 1.29 is 23.9 Å². The fraction of sp³-hybridized carbons (Fsp3) is 0.700. The molecule has 0 atom stereocenters. The van der Waals surface area contributed by atoms with Gasteiger partial charge in [-0.1, -0.05) is 0 Å². The van der Waals surface area contributed by atoms with Crippen LogP contribution in [0.4, 0.5) is 0 Å². The van der Waals surface area contributed by atoms with Crippen molar-refractivity contribution in [2.75, 3.05) is 13.7 Å². The molecule has 0 N–H and O–H groups in total. The summed E-state index contributed by atoms with van der Waals surface area (Å²) in [6.07, 6.45) is 0. The molecule has 90 valence electrons. The van der Waals surface area contributed by atoms with E-state index >= 15 is 0 Å². The topological polar surface area (TPSA) is 69.7 Å². The molecule has 0 bridgehead atoms. The minimum atomic E-state index is -0.245. The Balaban J connectivity index is -0.000000147. The highest BCUT2D eigenvalue weighted by Crippen LogP contribution is 1.69. The maximum atomic E-state index is 9.82. The first kappa shape index (κ1) is 19.2. The van der Waals surface area contributed by atoms with E-state index in [0.29, 0.717) is 6.61 Å². The number of methoxy groups -OCH3 is 1. The van der Waals surface area contributed by atoms with Crippen LogP contribution in [0.3, 0.4) is 0 Å². The van der Waals surface area contributed by atoms with Gasteiger partial charge in [0, 0.05) is 13.8 Å². The molecular weight excluding hydrogens is 200 g/mol. The van der Waals surface area contributed by atoms with E-state index in [0.717, 1.165) is 0 Å². The monoisotopic (exact) mass is 220 g/mol. The zero-order valence-corrected chi connectivity index (χ0v) is 10.2. The largest absolute Gasteiger partial charge is 0.469 e. The molecule has 15 heavy (non-hydrogen) atoms. The van der Waals surface area contributed by atoms with Gasteiger partial charge in [0.15, 0.2) is 0 Å². The van der Waals surface area contributed by atoms with Crippen LogP contribution in [0.2, 0.25) is 0 Å². The van der Waals surface area contributed by atoms with Crippen molar-refractivity contribution in [2.45, 2.75) is 34.6 Å². The molecule has 0 aromatic rings. The van der Waals surface area contributed by atoms with Crippen LogP contribution in [0.5, 0.6) is 0 Å². The highest BCUT2D eigenvalue weighted by molar-refractivity contribution is 5.72. The highest BCUT2D eigenvalue weighted by atomic mass is 16.5. The van der Waals surface area contributed by atoms with Crippen LogP contribution in [0.25, 0.3) is 0 Å². The summed E-state index contributed by atoms with van der Waals surface area (Å²) in [5.41, 5.74) is 0. The quantitative estimate of drug-likeness (QED) is 0.624. The van der Waals surface area contributed by atoms with Gasteiger partial charge in [0.25, 0.3) is 0 Å². The molecule has 5 nitrogen and oxygen atoms in total. The molecule has 0 saturated carbocycles. The molecule has 0 heterocycles. The Labute approximate surface area is 90.7 Å². The van der Waals surface area contributed by atoms with Gasteiger partial charge in [0.1, 0.15) is 5.78 Å². The average Bonchev–Trinajstić information content (AvgIpc) is 2.03. The molecule has 0 saturated heterocycles. The molecular formula is C10H20O5. The third-order valence-corrected chi connectivity index (χ3v) is 0.635. The summed E-state index contributed by atoms with van der Waals surface area (Å²) in [5.74, 6) is -0.289. The van der Waals surface area contributed by atoms with E-state index in [1.165, 1.54) is 34.8 Å². The molecule has 0 fully saturated rings. The van der Waals surface area contributed by atoms with Gasteiger partial charge in [0.05, 0.1) is 13.7 Å². The van der Waals surface area contributed by atoms with Crippen LogP contribution in [0, 0.1) is 0 Å². The van der Waals surface area contributed by atoms with Gasteiger partial charge in [-0.3, -0.25) is 9.59 Å². The highest BCUT2D eigenvalue weighted by Gasteiger charge is 1.81. The van der Waals surface area contributed by atoms with E-state index < -0.39 is 0 Å². The van der Waals surface area contributed by atoms with Crippen LogP contribution in [-0.4, -0.2) is 31.4 Å². The lowest BCUT2D eigenvalue weighted by Gasteiger charge is -1.89. The maximum Gasteiger partial charge on any atom is 0.302 e. The van der Waals surface area contributed by atoms with Crippen molar-refractivity contribution in [1.29, 1.82) is 0 Å². The minimum Gasteiger partial charge on any atom is -0.469 e. The number of ether oxygens (including phenoxy) is 2. The fourth-order valence-electron chi connectivity index (χ4n) is 0.203. The lowest BCUT2D eigenvalue weighted by Crippen LogP contribution is -1.95. The van der Waals surface area contributed by atoms with Crippen molar-refractivity contribution in [3.63, 3.8) is 0 Å². The molecule has 0 aromatic heterocycles. The average molecular weight is 220 g/mol. The Kier molecular flexibility index (Phi) is 19.4. The molecule has 0 spiro atoms. The second kappa shape index (κ2) is 15.1. The van der Waals surface area contributed by atoms with Crippen molar-refractivity contribution in [3.8, 4) is 0 Å². The lowest BCUT2D eigenvalue weighted by molar-refractivity contribution is -0.140. The first-order valence-electron chi connectivity index (χ1n) is 4.42. The predicted molar refractivity (Wildman–Crippen MR) is 56.4 cm³/mol. The standard InChI is InChI=1S/C4H8O2.C3H6O2.C3H6O/c1-3-6-4(2)5;1-3(4)5-2;1-3(2)4/h3H2,1-2H3;1-2H3;1-2H3. The van der Waals surface area contributed by atoms with E-state index in [1.54, 1.807) is 6.92 Å². The number of hydrogen-bond acceptors (Lipinski definition) is 5. The summed E-state index contributed by atoms with van der Waals surface area (Å²) < 4.78 is 8.51. The maximum absolute atomic E-state index is 9.82. The smallest absolute Gasteiger partial charge is 0.302 e. The molecule has 0 aliphatic heterocycles. The SMILES string of the molecule is CC(C)=O.CCOC(C)=O.COC(C)=O. The molecule has 0 aromatic carbocycles. The zero-order chi connectivity index (χ0) is 12.9. The molecule has 0 aliphatic rings. The molecule has 0 amide bonds. The minimum absolute atomic E-state index is 0.167. The number of carbonyl (C=O) groups is 3. The third-order valence-electron chi connectivity index (χ3n) is 0.635. The van der Waals surface area contributed by atoms with E-state index in [9.17, 15) is 14.4 Å². The fourth-order valence-corrected chi connectivity index (χ4v) is 0.203. The number of hydrogen-bond donors (Lipinski definition) is 0. The van der Waals surface area contributed by atoms with Gasteiger partial charge in [-0.25, -0.2) is 0 Å². The summed E-state index contributed by atoms with van der Waals surface area (Å²) >= 11 is 0. The normalized spacial score (nSPS) is 7.07. The number of ketones is 1. The Hall–Kier alpha value is -1.39. The number of carbonyl (C=O) groups excluding carboxylic acids is 3. The third kappa shape index (κ3) is 109. The van der Waals surface area contributed by atoms with Crippen LogP contribution in [-0.2, 0) is 23.9 Å². The second-order valence-electron chi connectivity index (χ2n) is 2.53. The summed E-state index contributed by atoms with van der Waals surface area (Å²) in [4.78, 5) is 28.9. The van der Waals surface area contributed by atoms with Crippen molar-refractivity contribution in [3.05, 3.63) is 0 Å². The van der Waals surface area contributed by atoms with Gasteiger partial charge in [-0.05, 0) is 20.8 Å². The molecule has 5 heteroatoms. The first-order chi connectivity index (χ1) is 6.77. The van der Waals surface area contributed by atoms with E-state index in [2.05, 4.69) is 9.47 Å². The second-order valence-corrected chi connectivity index (χ2v) is 2.53. The van der Waals surface area contributed by atoms with Gasteiger partial charge < -0.3 is 14.3 Å². The molecule has 0 unspecified atom stereocenters. The molecule has 0 rings (SSSR count). The number of Topliss-reactive ketones (excluding diaryl/α,β-unsaturated/α-hetero) is 1. The summed E-state index contributed by atoms with van der Waals surface area (Å²) in [5, 5.41) is 0. The molecule has 0 aliphatic carbocycles. The van der Waals surface area contributed by atoms with E-state index in [-0.39, 0.29) is 17.7 Å². The summed E-state index contributed by atoms with van der Waals surface area (Å²) in [6, 6.07) is 0. The van der Waals surface area contributed by atoms with Crippen molar-refractivity contribution in [2.24, 2.45) is 0 Å². The zero-order valence-electron chi connectivity index (χ0n) is 10.2. The predicted octanol–water partition coefficient (Wildman–Crippen LogP) is 1.34. The number of esters is 2. The van der Waals surface area contributed by atoms with E-state index in [1.807, 2.05) is 0 Å². The van der Waals surface area contributed by atoms with Crippen molar-refractivity contribution >= 4 is 17.7 Å². The van der Waals surface area contributed by atoms with Crippen LogP contribution < -0.4 is 0 Å². The van der Waals surface area contributed by atoms with Gasteiger partial charge in [-0.2, -0.15) is 0 Å². The summed E-state index contributed by atoms with van der Waals surface area (Å²) in [7, 11) is 1.35. The van der Waals surface area contributed by atoms with Crippen LogP contribution in [0.1, 0.15) is 34.6 Å². The van der Waals surface area contributed by atoms with Crippen molar-refractivity contribution in [1.82, 2.24) is 0 Å². The van der Waals surface area contributed by atoms with Gasteiger partial charge in [-0.15, -0.1) is 0 Å². The van der Waals surface area contributed by atoms with Gasteiger partial charge in [0.2, 0.25) is 0 Å². The van der Waals surface area contributed by atoms with Crippen LogP contribution >= 0.6 is 0 Å². The summed E-state index contributed by atoms with van der Waals surface area (Å²) in [6.45, 7) is 8.07. The Bertz CT molecular complexity index is 182. The Morgan fingerprint density at radius 2 is 1.20 bits per heavy atom. The van der Waals surface area contributed by atoms with E-state index in [4.69, 9.17) is 0 Å². The Morgan fingerprint density at radius 1 is 0.933 bits per heavy atom. The van der Waals surface area contributed by atoms with Crippen LogP contribution in [0.15, 0.2) is 0 Å². The Morgan fingerprint density at radius 3 is 1.20 bits per heavy atom. The molecule has 0 radical (unpaired) electrons. The first-order valence-corrected chi connectivity index (χ1v) is 4.42. The number of rotatable bonds is 1. The lowest BCUT2D eigenvalue weighted by atomic mass is 10.6.